The number of nitrogens with one attached hydrogen (secondary N) is 2. The molecule has 2 aromatic heterocycles. The number of unbranched alkanes of at least 4 members (excludes halogenated alkanes) is 9. The number of aromatic amines is 2. The zero-order valence-corrected chi connectivity index (χ0v) is 20.2. The third-order valence-corrected chi connectivity index (χ3v) is 6.01. The predicted octanol–water partition coefficient (Wildman–Crippen LogP) is 7.43. The summed E-state index contributed by atoms with van der Waals surface area (Å²) in [5.41, 5.74) is 5.20. The smallest absolute Gasteiger partial charge is 0.144 e. The van der Waals surface area contributed by atoms with Crippen LogP contribution in [-0.4, -0.2) is 34.0 Å². The van der Waals surface area contributed by atoms with E-state index in [-0.39, 0.29) is 0 Å². The second-order valence-corrected chi connectivity index (χ2v) is 8.91. The van der Waals surface area contributed by atoms with Gasteiger partial charge in [-0.2, -0.15) is 0 Å². The van der Waals surface area contributed by atoms with Crippen LogP contribution in [-0.2, 0) is 0 Å². The van der Waals surface area contributed by atoms with Crippen LogP contribution < -0.4 is 4.74 Å². The van der Waals surface area contributed by atoms with Gasteiger partial charge in [-0.15, -0.1) is 0 Å². The maximum absolute atomic E-state index is 8.80. The zero-order chi connectivity index (χ0) is 23.1. The summed E-state index contributed by atoms with van der Waals surface area (Å²) in [6, 6.07) is 6.11. The summed E-state index contributed by atoms with van der Waals surface area (Å²) in [5.74, 6) is 0.874. The van der Waals surface area contributed by atoms with E-state index in [1.54, 1.807) is 0 Å². The highest BCUT2D eigenvalue weighted by Crippen LogP contribution is 2.29. The van der Waals surface area contributed by atoms with Crippen LogP contribution in [0.1, 0.15) is 89.7 Å². The van der Waals surface area contributed by atoms with Gasteiger partial charge in [0.05, 0.1) is 29.4 Å². The molecule has 1 aliphatic rings. The average Bonchev–Trinajstić information content (AvgIpc) is 3.58. The molecule has 0 saturated carbocycles. The van der Waals surface area contributed by atoms with Crippen molar-refractivity contribution in [2.24, 2.45) is 4.99 Å². The number of aliphatic imine (C=N–C) groups is 1. The predicted molar refractivity (Wildman–Crippen MR) is 139 cm³/mol. The first-order chi connectivity index (χ1) is 16.3. The number of aliphatic hydroxyl groups is 1. The van der Waals surface area contributed by atoms with Crippen molar-refractivity contribution in [3.05, 3.63) is 47.9 Å². The molecule has 0 aromatic carbocycles. The number of aliphatic hydroxyl groups excluding tert-OH is 1. The molecule has 0 spiro atoms. The normalized spacial score (nSPS) is 14.4. The van der Waals surface area contributed by atoms with E-state index in [1.807, 2.05) is 12.3 Å². The Kier molecular flexibility index (Phi) is 11.1. The molecular formula is C28H41N3O2. The molecule has 0 radical (unpaired) electrons. The van der Waals surface area contributed by atoms with Gasteiger partial charge >= 0.3 is 0 Å². The number of hydrogen-bond acceptors (Lipinski definition) is 3. The van der Waals surface area contributed by atoms with Crippen molar-refractivity contribution in [1.29, 1.82) is 0 Å². The Bertz CT molecular complexity index is 890. The molecule has 180 valence electrons. The van der Waals surface area contributed by atoms with Crippen LogP contribution in [0.15, 0.2) is 47.2 Å². The number of allylic oxidation sites excluding steroid dienone is 2. The number of ether oxygens (including phenoxy) is 1. The highest BCUT2D eigenvalue weighted by Gasteiger charge is 2.12. The van der Waals surface area contributed by atoms with Crippen LogP contribution in [0.3, 0.4) is 0 Å². The first-order valence-corrected chi connectivity index (χ1v) is 12.9. The summed E-state index contributed by atoms with van der Waals surface area (Å²) < 4.78 is 5.97. The van der Waals surface area contributed by atoms with Crippen LogP contribution in [0, 0.1) is 0 Å². The molecule has 1 aliphatic heterocycles. The lowest BCUT2D eigenvalue weighted by Gasteiger charge is -2.03. The van der Waals surface area contributed by atoms with Gasteiger partial charge in [-0.1, -0.05) is 58.3 Å². The lowest BCUT2D eigenvalue weighted by Crippen LogP contribution is -1.95. The van der Waals surface area contributed by atoms with Gasteiger partial charge < -0.3 is 19.8 Å². The maximum atomic E-state index is 8.80. The average molecular weight is 452 g/mol. The topological polar surface area (TPSA) is 73.4 Å². The largest absolute Gasteiger partial charge is 0.491 e. The number of H-pyrrole nitrogens is 2. The highest BCUT2D eigenvalue weighted by molar-refractivity contribution is 5.99. The van der Waals surface area contributed by atoms with E-state index in [0.717, 1.165) is 47.8 Å². The van der Waals surface area contributed by atoms with E-state index < -0.39 is 0 Å². The van der Waals surface area contributed by atoms with Crippen molar-refractivity contribution in [3.63, 3.8) is 0 Å². The van der Waals surface area contributed by atoms with E-state index in [2.05, 4.69) is 47.3 Å². The van der Waals surface area contributed by atoms with Crippen molar-refractivity contribution >= 4 is 11.8 Å². The van der Waals surface area contributed by atoms with Crippen molar-refractivity contribution in [2.75, 3.05) is 13.2 Å². The van der Waals surface area contributed by atoms with Crippen LogP contribution in [0.25, 0.3) is 17.5 Å². The molecule has 0 unspecified atom stereocenters. The molecule has 5 nitrogen and oxygen atoms in total. The number of nitrogens with zero attached hydrogens (tertiary/aromatic N) is 1. The minimum atomic E-state index is 0.340. The van der Waals surface area contributed by atoms with E-state index in [9.17, 15) is 0 Å². The fourth-order valence-corrected chi connectivity index (χ4v) is 4.15. The Morgan fingerprint density at radius 2 is 1.67 bits per heavy atom. The van der Waals surface area contributed by atoms with E-state index in [0.29, 0.717) is 13.2 Å². The van der Waals surface area contributed by atoms with Gasteiger partial charge in [0.1, 0.15) is 5.75 Å². The minimum Gasteiger partial charge on any atom is -0.491 e. The lowest BCUT2D eigenvalue weighted by molar-refractivity contribution is 0.282. The summed E-state index contributed by atoms with van der Waals surface area (Å²) in [5, 5.41) is 8.80. The summed E-state index contributed by atoms with van der Waals surface area (Å²) >= 11 is 0. The molecule has 0 fully saturated rings. The van der Waals surface area contributed by atoms with Gasteiger partial charge in [0, 0.05) is 24.6 Å². The zero-order valence-electron chi connectivity index (χ0n) is 20.2. The number of hydrogen-bond donors (Lipinski definition) is 3. The van der Waals surface area contributed by atoms with E-state index in [4.69, 9.17) is 14.8 Å². The summed E-state index contributed by atoms with van der Waals surface area (Å²) in [4.78, 5) is 11.6. The summed E-state index contributed by atoms with van der Waals surface area (Å²) in [6.07, 6.45) is 22.8. The Balaban J connectivity index is 1.41. The molecule has 0 aliphatic carbocycles. The van der Waals surface area contributed by atoms with Gasteiger partial charge in [-0.25, -0.2) is 0 Å². The Labute approximate surface area is 199 Å². The number of aromatic nitrogens is 2. The monoisotopic (exact) mass is 451 g/mol. The molecule has 33 heavy (non-hydrogen) atoms. The van der Waals surface area contributed by atoms with Gasteiger partial charge in [0.25, 0.3) is 0 Å². The highest BCUT2D eigenvalue weighted by atomic mass is 16.5. The summed E-state index contributed by atoms with van der Waals surface area (Å²) in [6.45, 7) is 3.16. The molecule has 2 aromatic rings. The van der Waals surface area contributed by atoms with E-state index >= 15 is 0 Å². The van der Waals surface area contributed by atoms with Crippen molar-refractivity contribution in [1.82, 2.24) is 9.97 Å². The van der Waals surface area contributed by atoms with Crippen LogP contribution in [0.2, 0.25) is 0 Å². The Morgan fingerprint density at radius 3 is 2.33 bits per heavy atom. The minimum absolute atomic E-state index is 0.340. The Hall–Kier alpha value is -2.53. The SMILES string of the molecule is CCCOc1cc(-c2ccc[nH]2)[nH]c1/C=C1\C=CC(CCCCCCCCCCCCO)=N1. The molecule has 3 N–H and O–H groups in total. The van der Waals surface area contributed by atoms with Crippen molar-refractivity contribution in [2.45, 2.75) is 84.0 Å². The second kappa shape index (κ2) is 14.6. The van der Waals surface area contributed by atoms with Crippen molar-refractivity contribution in [3.8, 4) is 17.1 Å². The third kappa shape index (κ3) is 8.73. The van der Waals surface area contributed by atoms with Gasteiger partial charge in [0.15, 0.2) is 0 Å². The molecule has 0 atom stereocenters. The van der Waals surface area contributed by atoms with Crippen LogP contribution in [0.4, 0.5) is 0 Å². The molecule has 0 amide bonds. The summed E-state index contributed by atoms with van der Waals surface area (Å²) in [7, 11) is 0. The van der Waals surface area contributed by atoms with Gasteiger partial charge in [0.2, 0.25) is 0 Å². The first kappa shape index (κ1) is 25.1. The molecule has 0 saturated heterocycles. The fraction of sp³-hybridized carbons (Fsp3) is 0.536. The first-order valence-electron chi connectivity index (χ1n) is 12.9. The quantitative estimate of drug-likeness (QED) is 0.219. The second-order valence-electron chi connectivity index (χ2n) is 8.91. The molecule has 3 rings (SSSR count). The van der Waals surface area contributed by atoms with Crippen LogP contribution in [0.5, 0.6) is 5.75 Å². The molecule has 5 heteroatoms. The van der Waals surface area contributed by atoms with Gasteiger partial charge in [-0.3, -0.25) is 4.99 Å². The van der Waals surface area contributed by atoms with Crippen molar-refractivity contribution < 1.29 is 9.84 Å². The fourth-order valence-electron chi connectivity index (χ4n) is 4.15. The Morgan fingerprint density at radius 1 is 0.939 bits per heavy atom. The maximum Gasteiger partial charge on any atom is 0.144 e. The van der Waals surface area contributed by atoms with Gasteiger partial charge in [-0.05, 0) is 56.0 Å². The van der Waals surface area contributed by atoms with E-state index in [1.165, 1.54) is 63.5 Å². The molecule has 3 heterocycles. The third-order valence-electron chi connectivity index (χ3n) is 6.01. The molecule has 0 bridgehead atoms. The standard InChI is InChI=1S/C28H41N3O2/c1-2-20-33-28-22-26(25-15-13-18-29-25)31-27(28)21-24-17-16-23(30-24)14-11-9-7-5-3-4-6-8-10-12-19-32/h13,15-18,21-22,29,31-32H,2-12,14,19-20H2,1H3/b24-21+. The lowest BCUT2D eigenvalue weighted by atomic mass is 10.0. The number of rotatable bonds is 17. The van der Waals surface area contributed by atoms with Crippen LogP contribution >= 0.6 is 0 Å². The molecular weight excluding hydrogens is 410 g/mol.